The summed E-state index contributed by atoms with van der Waals surface area (Å²) in [5.74, 6) is -5.18. The third kappa shape index (κ3) is 9.16. The molecular weight excluding hydrogens is 426 g/mol. The average molecular weight is 460 g/mol. The van der Waals surface area contributed by atoms with Gasteiger partial charge in [0.15, 0.2) is 6.04 Å². The predicted octanol–water partition coefficient (Wildman–Crippen LogP) is -2.74. The molecule has 0 bridgehead atoms. The number of carboxylic acid groups (broad SMARTS) is 2. The maximum atomic E-state index is 12.8. The number of hydrogen-bond acceptors (Lipinski definition) is 8. The summed E-state index contributed by atoms with van der Waals surface area (Å²) in [6.45, 7) is 2.20. The van der Waals surface area contributed by atoms with Crippen LogP contribution in [0.3, 0.4) is 0 Å². The zero-order valence-electron chi connectivity index (χ0n) is 18.0. The number of aliphatic carboxylic acids is 2. The first-order valence-corrected chi connectivity index (χ1v) is 10.5. The van der Waals surface area contributed by atoms with Crippen LogP contribution in [-0.4, -0.2) is 88.3 Å². The van der Waals surface area contributed by atoms with Gasteiger partial charge in [0.2, 0.25) is 17.7 Å². The molecule has 1 saturated heterocycles. The van der Waals surface area contributed by atoms with Gasteiger partial charge in [-0.1, -0.05) is 0 Å². The van der Waals surface area contributed by atoms with Gasteiger partial charge in [0.25, 0.3) is 0 Å². The lowest BCUT2D eigenvalue weighted by atomic mass is 10.1. The van der Waals surface area contributed by atoms with Crippen LogP contribution in [0, 0.1) is 0 Å². The molecular formula is C19H33N5O8. The van der Waals surface area contributed by atoms with E-state index in [1.165, 1.54) is 0 Å². The molecule has 13 heteroatoms. The second kappa shape index (κ2) is 13.6. The number of carbonyl (C=O) groups excluding carboxylic acids is 3. The quantitative estimate of drug-likeness (QED) is 0.125. The van der Waals surface area contributed by atoms with Gasteiger partial charge in [0.05, 0.1) is 18.6 Å². The molecule has 0 aromatic rings. The van der Waals surface area contributed by atoms with Crippen molar-refractivity contribution >= 4 is 29.7 Å². The van der Waals surface area contributed by atoms with E-state index in [4.69, 9.17) is 15.9 Å². The van der Waals surface area contributed by atoms with E-state index < -0.39 is 60.4 Å². The summed E-state index contributed by atoms with van der Waals surface area (Å²) in [5.41, 5.74) is 5.48. The zero-order chi connectivity index (χ0) is 24.3. The van der Waals surface area contributed by atoms with E-state index in [1.54, 1.807) is 0 Å². The summed E-state index contributed by atoms with van der Waals surface area (Å²) < 4.78 is 0. The number of amides is 3. The lowest BCUT2D eigenvalue weighted by molar-refractivity contribution is -0.146. The first-order valence-electron chi connectivity index (χ1n) is 10.5. The van der Waals surface area contributed by atoms with Crippen LogP contribution in [0.5, 0.6) is 0 Å². The van der Waals surface area contributed by atoms with Crippen molar-refractivity contribution in [3.8, 4) is 0 Å². The summed E-state index contributed by atoms with van der Waals surface area (Å²) in [5, 5.41) is 37.7. The second-order valence-electron chi connectivity index (χ2n) is 7.72. The maximum Gasteiger partial charge on any atom is 0.328 e. The number of aliphatic hydroxyl groups excluding tert-OH is 1. The van der Waals surface area contributed by atoms with E-state index in [1.807, 2.05) is 5.32 Å². The Hall–Kier alpha value is -2.77. The van der Waals surface area contributed by atoms with Gasteiger partial charge in [0.1, 0.15) is 12.1 Å². The van der Waals surface area contributed by atoms with Gasteiger partial charge in [0, 0.05) is 0 Å². The number of carbonyl (C=O) groups is 5. The molecule has 182 valence electrons. The van der Waals surface area contributed by atoms with E-state index in [0.29, 0.717) is 32.4 Å². The molecule has 5 atom stereocenters. The molecule has 0 saturated carbocycles. The molecule has 0 spiro atoms. The third-order valence-electron chi connectivity index (χ3n) is 5.01. The summed E-state index contributed by atoms with van der Waals surface area (Å²) in [6.07, 6.45) is 0.465. The molecule has 3 amide bonds. The number of aliphatic hydroxyl groups is 1. The highest BCUT2D eigenvalue weighted by Crippen LogP contribution is 2.08. The number of carboxylic acids is 2. The van der Waals surface area contributed by atoms with Gasteiger partial charge in [-0.2, -0.15) is 0 Å². The van der Waals surface area contributed by atoms with Crippen molar-refractivity contribution in [1.29, 1.82) is 0 Å². The third-order valence-corrected chi connectivity index (χ3v) is 5.01. The molecule has 0 aliphatic carbocycles. The molecule has 0 aromatic carbocycles. The van der Waals surface area contributed by atoms with E-state index in [2.05, 4.69) is 16.0 Å². The Morgan fingerprint density at radius 2 is 1.69 bits per heavy atom. The van der Waals surface area contributed by atoms with Gasteiger partial charge in [-0.3, -0.25) is 19.2 Å². The van der Waals surface area contributed by atoms with Crippen LogP contribution in [0.4, 0.5) is 0 Å². The lowest BCUT2D eigenvalue weighted by Gasteiger charge is -2.25. The fourth-order valence-electron chi connectivity index (χ4n) is 3.24. The Morgan fingerprint density at radius 3 is 2.19 bits per heavy atom. The SMILES string of the molecule is CC(O)C(NC(=O)C(CC(=O)O)NC(=O)C(CCCCN)NC(=O)C1CCCN1)C(=O)O. The molecule has 1 aliphatic rings. The van der Waals surface area contributed by atoms with Crippen molar-refractivity contribution < 1.29 is 39.3 Å². The smallest absolute Gasteiger partial charge is 0.328 e. The van der Waals surface area contributed by atoms with E-state index in [-0.39, 0.29) is 12.3 Å². The van der Waals surface area contributed by atoms with Gasteiger partial charge in [-0.25, -0.2) is 4.79 Å². The van der Waals surface area contributed by atoms with Crippen molar-refractivity contribution in [3.05, 3.63) is 0 Å². The van der Waals surface area contributed by atoms with Crippen LogP contribution in [0.1, 0.15) is 45.4 Å². The first kappa shape index (κ1) is 27.3. The van der Waals surface area contributed by atoms with Crippen LogP contribution in [0.2, 0.25) is 0 Å². The summed E-state index contributed by atoms with van der Waals surface area (Å²) in [7, 11) is 0. The van der Waals surface area contributed by atoms with Crippen LogP contribution in [0.25, 0.3) is 0 Å². The summed E-state index contributed by atoms with van der Waals surface area (Å²) >= 11 is 0. The van der Waals surface area contributed by atoms with Crippen molar-refractivity contribution in [1.82, 2.24) is 21.3 Å². The van der Waals surface area contributed by atoms with Crippen molar-refractivity contribution in [2.75, 3.05) is 13.1 Å². The molecule has 1 fully saturated rings. The normalized spacial score (nSPS) is 19.3. The van der Waals surface area contributed by atoms with Crippen molar-refractivity contribution in [2.45, 2.75) is 75.7 Å². The fraction of sp³-hybridized carbons (Fsp3) is 0.737. The molecule has 32 heavy (non-hydrogen) atoms. The topological polar surface area (TPSA) is 220 Å². The molecule has 9 N–H and O–H groups in total. The standard InChI is InChI=1S/C19H33N5O8/c1-10(25)15(19(31)32)24-18(30)13(9-14(26)27)23-17(29)12(5-2-3-7-20)22-16(28)11-6-4-8-21-11/h10-13,15,21,25H,2-9,20H2,1H3,(H,22,28)(H,23,29)(H,24,30)(H,26,27)(H,31,32). The van der Waals surface area contributed by atoms with Crippen molar-refractivity contribution in [3.63, 3.8) is 0 Å². The number of rotatable bonds is 14. The highest BCUT2D eigenvalue weighted by molar-refractivity contribution is 5.95. The minimum Gasteiger partial charge on any atom is -0.481 e. The molecule has 0 radical (unpaired) electrons. The zero-order valence-corrected chi connectivity index (χ0v) is 18.0. The van der Waals surface area contributed by atoms with Crippen molar-refractivity contribution in [2.24, 2.45) is 5.73 Å². The monoisotopic (exact) mass is 459 g/mol. The highest BCUT2D eigenvalue weighted by atomic mass is 16.4. The first-order chi connectivity index (χ1) is 15.1. The van der Waals surface area contributed by atoms with Gasteiger partial charge < -0.3 is 42.3 Å². The maximum absolute atomic E-state index is 12.8. The summed E-state index contributed by atoms with van der Waals surface area (Å²) in [4.78, 5) is 60.1. The number of unbranched alkanes of at least 4 members (excludes halogenated alkanes) is 1. The van der Waals surface area contributed by atoms with Crippen LogP contribution < -0.4 is 27.0 Å². The lowest BCUT2D eigenvalue weighted by Crippen LogP contribution is -2.58. The molecule has 1 aliphatic heterocycles. The molecule has 13 nitrogen and oxygen atoms in total. The minimum absolute atomic E-state index is 0.217. The van der Waals surface area contributed by atoms with E-state index in [9.17, 15) is 29.1 Å². The van der Waals surface area contributed by atoms with E-state index >= 15 is 0 Å². The van der Waals surface area contributed by atoms with Gasteiger partial charge in [-0.15, -0.1) is 0 Å². The highest BCUT2D eigenvalue weighted by Gasteiger charge is 2.33. The van der Waals surface area contributed by atoms with E-state index in [0.717, 1.165) is 13.3 Å². The van der Waals surface area contributed by atoms with Crippen LogP contribution in [-0.2, 0) is 24.0 Å². The van der Waals surface area contributed by atoms with Crippen LogP contribution >= 0.6 is 0 Å². The Morgan fingerprint density at radius 1 is 1.03 bits per heavy atom. The molecule has 1 rings (SSSR count). The van der Waals surface area contributed by atoms with Gasteiger partial charge >= 0.3 is 11.9 Å². The number of nitrogens with two attached hydrogens (primary N) is 1. The Labute approximate surface area is 185 Å². The fourth-order valence-corrected chi connectivity index (χ4v) is 3.24. The number of hydrogen-bond donors (Lipinski definition) is 8. The Balaban J connectivity index is 2.92. The predicted molar refractivity (Wildman–Crippen MR) is 111 cm³/mol. The van der Waals surface area contributed by atoms with Crippen LogP contribution in [0.15, 0.2) is 0 Å². The molecule has 0 aromatic heterocycles. The average Bonchev–Trinajstić information content (AvgIpc) is 3.24. The Kier molecular flexibility index (Phi) is 11.6. The molecule has 5 unspecified atom stereocenters. The minimum atomic E-state index is -1.69. The second-order valence-corrected chi connectivity index (χ2v) is 7.72. The molecule has 1 heterocycles. The Bertz CT molecular complexity index is 681. The van der Waals surface area contributed by atoms with Gasteiger partial charge in [-0.05, 0) is 52.1 Å². The number of nitrogens with one attached hydrogen (secondary N) is 4. The largest absolute Gasteiger partial charge is 0.481 e. The summed E-state index contributed by atoms with van der Waals surface area (Å²) in [6, 6.07) is -4.78.